The molecule has 1 nitrogen and oxygen atoms in total. The molecule has 0 N–H and O–H groups in total. The minimum absolute atomic E-state index is 0.0325. The Balaban J connectivity index is 2.53. The fraction of sp³-hybridized carbons (Fsp3) is 0.565. The molecule has 138 valence electrons. The second-order valence-corrected chi connectivity index (χ2v) is 15.1. The van der Waals surface area contributed by atoms with E-state index in [2.05, 4.69) is 85.5 Å². The summed E-state index contributed by atoms with van der Waals surface area (Å²) in [5.74, 6) is 1.11. The third-order valence-corrected chi connectivity index (χ3v) is 7.54. The minimum atomic E-state index is -1.48. The molecule has 0 aromatic heterocycles. The zero-order valence-electron chi connectivity index (χ0n) is 17.9. The van der Waals surface area contributed by atoms with Gasteiger partial charge in [-0.2, -0.15) is 0 Å². The van der Waals surface area contributed by atoms with Crippen molar-refractivity contribution in [3.63, 3.8) is 0 Å². The van der Waals surface area contributed by atoms with Crippen LogP contribution in [-0.2, 0) is 5.41 Å². The molecule has 0 atom stereocenters. The molecule has 0 heterocycles. The molecule has 0 fully saturated rings. The second-order valence-electron chi connectivity index (χ2n) is 10.1. The van der Waals surface area contributed by atoms with E-state index in [1.54, 1.807) is 0 Å². The third-order valence-electron chi connectivity index (χ3n) is 5.55. The molecule has 0 radical (unpaired) electrons. The monoisotopic (exact) mass is 356 g/mol. The molecule has 1 aliphatic rings. The van der Waals surface area contributed by atoms with E-state index in [9.17, 15) is 0 Å². The maximum Gasteiger partial charge on any atom is 0.122 e. The van der Waals surface area contributed by atoms with Crippen molar-refractivity contribution in [1.82, 2.24) is 0 Å². The lowest BCUT2D eigenvalue weighted by molar-refractivity contribution is 0.402. The summed E-state index contributed by atoms with van der Waals surface area (Å²) in [4.78, 5) is 0. The van der Waals surface area contributed by atoms with Crippen molar-refractivity contribution >= 4 is 13.3 Å². The van der Waals surface area contributed by atoms with E-state index >= 15 is 0 Å². The molecule has 0 saturated heterocycles. The van der Waals surface area contributed by atoms with Gasteiger partial charge in [-0.25, -0.2) is 0 Å². The summed E-state index contributed by atoms with van der Waals surface area (Å²) in [6.45, 7) is 21.0. The van der Waals surface area contributed by atoms with Crippen LogP contribution >= 0.6 is 0 Å². The van der Waals surface area contributed by atoms with Crippen LogP contribution in [0.5, 0.6) is 5.75 Å². The summed E-state index contributed by atoms with van der Waals surface area (Å²) in [6.07, 6.45) is 5.74. The van der Waals surface area contributed by atoms with E-state index < -0.39 is 8.07 Å². The lowest BCUT2D eigenvalue weighted by Crippen LogP contribution is -2.40. The Hall–Kier alpha value is -1.28. The van der Waals surface area contributed by atoms with E-state index in [0.717, 1.165) is 12.2 Å². The SMILES string of the molecule is COc1c(C(C)(C)C2=CC=C(C(C)(C)C)C2)cc(C)cc1[Si](C)(C)C. The van der Waals surface area contributed by atoms with Crippen molar-refractivity contribution in [2.75, 3.05) is 7.11 Å². The first-order valence-electron chi connectivity index (χ1n) is 9.38. The van der Waals surface area contributed by atoms with Crippen molar-refractivity contribution in [3.05, 3.63) is 46.6 Å². The van der Waals surface area contributed by atoms with Crippen molar-refractivity contribution in [1.29, 1.82) is 0 Å². The second kappa shape index (κ2) is 6.46. The average molecular weight is 357 g/mol. The standard InChI is InChI=1S/C23H36OSi/c1-16-13-19(21(24-7)20(14-16)25(8,9)10)23(5,6)18-12-11-17(15-18)22(2,3)4/h11-14H,15H2,1-10H3. The van der Waals surface area contributed by atoms with Crippen LogP contribution in [0, 0.1) is 12.3 Å². The maximum absolute atomic E-state index is 5.99. The Morgan fingerprint density at radius 2 is 1.48 bits per heavy atom. The summed E-state index contributed by atoms with van der Waals surface area (Å²) in [6, 6.07) is 4.67. The smallest absolute Gasteiger partial charge is 0.122 e. The summed E-state index contributed by atoms with van der Waals surface area (Å²) in [7, 11) is 0.348. The summed E-state index contributed by atoms with van der Waals surface area (Å²) in [5, 5.41) is 1.43. The van der Waals surface area contributed by atoms with Gasteiger partial charge >= 0.3 is 0 Å². The van der Waals surface area contributed by atoms with Crippen molar-refractivity contribution in [3.8, 4) is 5.75 Å². The average Bonchev–Trinajstić information content (AvgIpc) is 2.96. The Morgan fingerprint density at radius 1 is 0.920 bits per heavy atom. The van der Waals surface area contributed by atoms with Crippen LogP contribution in [0.3, 0.4) is 0 Å². The number of allylic oxidation sites excluding steroid dienone is 4. The fourth-order valence-corrected chi connectivity index (χ4v) is 5.23. The number of rotatable bonds is 4. The van der Waals surface area contributed by atoms with Crippen LogP contribution in [0.4, 0.5) is 0 Å². The Bertz CT molecular complexity index is 722. The first-order chi connectivity index (χ1) is 11.3. The van der Waals surface area contributed by atoms with E-state index in [-0.39, 0.29) is 10.8 Å². The normalized spacial score (nSPS) is 15.9. The Morgan fingerprint density at radius 3 is 1.92 bits per heavy atom. The minimum Gasteiger partial charge on any atom is -0.497 e. The molecule has 2 heteroatoms. The Labute approximate surface area is 156 Å². The number of hydrogen-bond acceptors (Lipinski definition) is 1. The van der Waals surface area contributed by atoms with Gasteiger partial charge in [-0.1, -0.05) is 95.3 Å². The maximum atomic E-state index is 5.99. The highest BCUT2D eigenvalue weighted by Gasteiger charge is 2.35. The predicted molar refractivity (Wildman–Crippen MR) is 114 cm³/mol. The van der Waals surface area contributed by atoms with Crippen LogP contribution in [0.2, 0.25) is 19.6 Å². The van der Waals surface area contributed by atoms with Gasteiger partial charge < -0.3 is 4.74 Å². The lowest BCUT2D eigenvalue weighted by atomic mass is 9.74. The van der Waals surface area contributed by atoms with Gasteiger partial charge in [0.25, 0.3) is 0 Å². The first-order valence-corrected chi connectivity index (χ1v) is 12.9. The number of hydrogen-bond donors (Lipinski definition) is 0. The number of benzene rings is 1. The topological polar surface area (TPSA) is 9.23 Å². The Kier molecular flexibility index (Phi) is 5.18. The molecule has 1 aliphatic carbocycles. The van der Waals surface area contributed by atoms with Gasteiger partial charge in [0.2, 0.25) is 0 Å². The molecule has 25 heavy (non-hydrogen) atoms. The van der Waals surface area contributed by atoms with Crippen LogP contribution in [0.15, 0.2) is 35.4 Å². The quantitative estimate of drug-likeness (QED) is 0.590. The lowest BCUT2D eigenvalue weighted by Gasteiger charge is -2.33. The summed E-state index contributed by atoms with van der Waals surface area (Å²) >= 11 is 0. The highest BCUT2D eigenvalue weighted by atomic mass is 28.3. The number of aryl methyl sites for hydroxylation is 1. The van der Waals surface area contributed by atoms with Gasteiger partial charge in [-0.15, -0.1) is 0 Å². The molecule has 0 spiro atoms. The predicted octanol–water partition coefficient (Wildman–Crippen LogP) is 6.13. The highest BCUT2D eigenvalue weighted by Crippen LogP contribution is 2.45. The van der Waals surface area contributed by atoms with E-state index in [0.29, 0.717) is 0 Å². The largest absolute Gasteiger partial charge is 0.497 e. The molecule has 0 saturated carbocycles. The van der Waals surface area contributed by atoms with Crippen LogP contribution < -0.4 is 9.92 Å². The van der Waals surface area contributed by atoms with Gasteiger partial charge in [0, 0.05) is 11.0 Å². The zero-order chi connectivity index (χ0) is 19.2. The van der Waals surface area contributed by atoms with Gasteiger partial charge in [0.05, 0.1) is 15.2 Å². The zero-order valence-corrected chi connectivity index (χ0v) is 18.9. The highest BCUT2D eigenvalue weighted by molar-refractivity contribution is 6.89. The van der Waals surface area contributed by atoms with Crippen molar-refractivity contribution in [2.24, 2.45) is 5.41 Å². The van der Waals surface area contributed by atoms with E-state index in [1.165, 1.54) is 27.5 Å². The number of methoxy groups -OCH3 is 1. The molecule has 2 rings (SSSR count). The molecule has 1 aromatic rings. The van der Waals surface area contributed by atoms with Gasteiger partial charge in [0.15, 0.2) is 0 Å². The number of ether oxygens (including phenoxy) is 1. The molecule has 0 bridgehead atoms. The first kappa shape index (κ1) is 20.0. The molecule has 0 amide bonds. The van der Waals surface area contributed by atoms with Gasteiger partial charge in [0.1, 0.15) is 5.75 Å². The van der Waals surface area contributed by atoms with Crippen molar-refractivity contribution < 1.29 is 4.74 Å². The molecule has 0 unspecified atom stereocenters. The summed E-state index contributed by atoms with van der Waals surface area (Å²) in [5.41, 5.74) is 5.88. The van der Waals surface area contributed by atoms with E-state index in [1.807, 2.05) is 7.11 Å². The van der Waals surface area contributed by atoms with E-state index in [4.69, 9.17) is 4.74 Å². The van der Waals surface area contributed by atoms with Gasteiger partial charge in [-0.3, -0.25) is 0 Å². The molecular formula is C23H36OSi. The van der Waals surface area contributed by atoms with Crippen LogP contribution in [-0.4, -0.2) is 15.2 Å². The van der Waals surface area contributed by atoms with Crippen LogP contribution in [0.1, 0.15) is 52.2 Å². The molecule has 1 aromatic carbocycles. The molecular weight excluding hydrogens is 320 g/mol. The summed E-state index contributed by atoms with van der Waals surface area (Å²) < 4.78 is 5.99. The van der Waals surface area contributed by atoms with Crippen LogP contribution in [0.25, 0.3) is 0 Å². The fourth-order valence-electron chi connectivity index (χ4n) is 3.66. The molecule has 0 aliphatic heterocycles. The van der Waals surface area contributed by atoms with Gasteiger partial charge in [-0.05, 0) is 23.9 Å². The van der Waals surface area contributed by atoms with Crippen molar-refractivity contribution in [2.45, 2.75) is 73.0 Å². The third kappa shape index (κ3) is 3.94.